The number of sulfone groups is 1. The highest BCUT2D eigenvalue weighted by molar-refractivity contribution is 7.92. The van der Waals surface area contributed by atoms with E-state index in [-0.39, 0.29) is 5.75 Å². The van der Waals surface area contributed by atoms with Gasteiger partial charge in [0.1, 0.15) is 0 Å². The second-order valence-corrected chi connectivity index (χ2v) is 9.71. The Kier molecular flexibility index (Phi) is 4.00. The summed E-state index contributed by atoms with van der Waals surface area (Å²) in [6.07, 6.45) is 3.44. The first-order valence-corrected chi connectivity index (χ1v) is 8.91. The fraction of sp³-hybridized carbons (Fsp3) is 0.625. The lowest BCUT2D eigenvalue weighted by Crippen LogP contribution is -2.43. The van der Waals surface area contributed by atoms with E-state index < -0.39 is 20.1 Å². The molecule has 2 N–H and O–H groups in total. The van der Waals surface area contributed by atoms with E-state index in [0.29, 0.717) is 6.42 Å². The van der Waals surface area contributed by atoms with Gasteiger partial charge in [0.2, 0.25) is 0 Å². The highest BCUT2D eigenvalue weighted by atomic mass is 32.2. The van der Waals surface area contributed by atoms with Crippen LogP contribution in [0.25, 0.3) is 0 Å². The molecule has 0 spiro atoms. The van der Waals surface area contributed by atoms with E-state index in [9.17, 15) is 8.42 Å². The van der Waals surface area contributed by atoms with Crippen molar-refractivity contribution in [1.29, 1.82) is 0 Å². The Morgan fingerprint density at radius 3 is 2.55 bits per heavy atom. The number of fused-ring (bicyclic) bond motifs is 1. The Morgan fingerprint density at radius 1 is 1.25 bits per heavy atom. The zero-order valence-corrected chi connectivity index (χ0v) is 13.5. The van der Waals surface area contributed by atoms with E-state index >= 15 is 0 Å². The summed E-state index contributed by atoms with van der Waals surface area (Å²) in [4.78, 5) is 0. The molecule has 0 fully saturated rings. The van der Waals surface area contributed by atoms with Gasteiger partial charge in [0.15, 0.2) is 9.84 Å². The standard InChI is InChI=1S/C16H25NO2S/c1-15(2,3)20(18,19)12-11-16(17)10-6-8-13-7-4-5-9-14(13)16/h4-5,7,9H,6,8,10-12,17H2,1-3H3. The lowest BCUT2D eigenvalue weighted by molar-refractivity contribution is 0.359. The van der Waals surface area contributed by atoms with Crippen LogP contribution in [0.15, 0.2) is 24.3 Å². The van der Waals surface area contributed by atoms with Crippen LogP contribution in [-0.4, -0.2) is 18.9 Å². The average Bonchev–Trinajstić information content (AvgIpc) is 2.36. The van der Waals surface area contributed by atoms with Gasteiger partial charge in [-0.25, -0.2) is 8.42 Å². The molecule has 0 radical (unpaired) electrons. The summed E-state index contributed by atoms with van der Waals surface area (Å²) in [5.41, 5.74) is 8.47. The van der Waals surface area contributed by atoms with Crippen molar-refractivity contribution in [1.82, 2.24) is 0 Å². The van der Waals surface area contributed by atoms with Crippen molar-refractivity contribution in [3.63, 3.8) is 0 Å². The van der Waals surface area contributed by atoms with Gasteiger partial charge in [-0.2, -0.15) is 0 Å². The molecule has 0 saturated carbocycles. The van der Waals surface area contributed by atoms with Crippen LogP contribution in [0.5, 0.6) is 0 Å². The molecule has 1 aromatic rings. The van der Waals surface area contributed by atoms with Gasteiger partial charge < -0.3 is 5.73 Å². The molecule has 0 aliphatic heterocycles. The SMILES string of the molecule is CC(C)(C)S(=O)(=O)CCC1(N)CCCc2ccccc21. The van der Waals surface area contributed by atoms with Gasteiger partial charge in [-0.1, -0.05) is 24.3 Å². The summed E-state index contributed by atoms with van der Waals surface area (Å²) in [6.45, 7) is 5.25. The lowest BCUT2D eigenvalue weighted by atomic mass is 9.76. The van der Waals surface area contributed by atoms with Gasteiger partial charge in [-0.05, 0) is 57.6 Å². The number of hydrogen-bond donors (Lipinski definition) is 1. The molecule has 1 aliphatic rings. The quantitative estimate of drug-likeness (QED) is 0.932. The third-order valence-electron chi connectivity index (χ3n) is 4.37. The maximum atomic E-state index is 12.3. The summed E-state index contributed by atoms with van der Waals surface area (Å²) in [5, 5.41) is 0. The van der Waals surface area contributed by atoms with Crippen molar-refractivity contribution in [2.75, 3.05) is 5.75 Å². The van der Waals surface area contributed by atoms with E-state index in [1.165, 1.54) is 5.56 Å². The number of benzene rings is 1. The number of aryl methyl sites for hydroxylation is 1. The van der Waals surface area contributed by atoms with Crippen molar-refractivity contribution in [3.8, 4) is 0 Å². The van der Waals surface area contributed by atoms with E-state index in [2.05, 4.69) is 12.1 Å². The zero-order valence-electron chi connectivity index (χ0n) is 12.6. The minimum Gasteiger partial charge on any atom is -0.321 e. The number of hydrogen-bond acceptors (Lipinski definition) is 3. The minimum absolute atomic E-state index is 0.154. The highest BCUT2D eigenvalue weighted by Crippen LogP contribution is 2.36. The predicted molar refractivity (Wildman–Crippen MR) is 83.4 cm³/mol. The Bertz CT molecular complexity index is 587. The van der Waals surface area contributed by atoms with Gasteiger partial charge in [-0.15, -0.1) is 0 Å². The van der Waals surface area contributed by atoms with Gasteiger partial charge >= 0.3 is 0 Å². The summed E-state index contributed by atoms with van der Waals surface area (Å²) in [6, 6.07) is 8.17. The van der Waals surface area contributed by atoms with Crippen LogP contribution >= 0.6 is 0 Å². The van der Waals surface area contributed by atoms with Crippen molar-refractivity contribution in [3.05, 3.63) is 35.4 Å². The molecule has 1 aliphatic carbocycles. The maximum Gasteiger partial charge on any atom is 0.155 e. The van der Waals surface area contributed by atoms with Crippen LogP contribution in [0.1, 0.15) is 51.2 Å². The number of nitrogens with two attached hydrogens (primary N) is 1. The van der Waals surface area contributed by atoms with E-state index in [0.717, 1.165) is 24.8 Å². The maximum absolute atomic E-state index is 12.3. The molecular formula is C16H25NO2S. The Balaban J connectivity index is 2.23. The van der Waals surface area contributed by atoms with Crippen LogP contribution in [0.2, 0.25) is 0 Å². The molecule has 2 rings (SSSR count). The molecule has 112 valence electrons. The third-order valence-corrected chi connectivity index (χ3v) is 6.98. The molecule has 1 aromatic carbocycles. The monoisotopic (exact) mass is 295 g/mol. The molecule has 0 saturated heterocycles. The van der Waals surface area contributed by atoms with Gasteiger partial charge in [0.25, 0.3) is 0 Å². The molecule has 0 heterocycles. The van der Waals surface area contributed by atoms with Gasteiger partial charge in [0.05, 0.1) is 10.5 Å². The first-order chi connectivity index (χ1) is 9.16. The van der Waals surface area contributed by atoms with Crippen LogP contribution in [0, 0.1) is 0 Å². The smallest absolute Gasteiger partial charge is 0.155 e. The summed E-state index contributed by atoms with van der Waals surface area (Å²) in [7, 11) is -3.12. The van der Waals surface area contributed by atoms with E-state index in [1.54, 1.807) is 20.8 Å². The van der Waals surface area contributed by atoms with Crippen LogP contribution in [0.4, 0.5) is 0 Å². The fourth-order valence-corrected chi connectivity index (χ4v) is 4.08. The molecule has 1 atom stereocenters. The summed E-state index contributed by atoms with van der Waals surface area (Å²) < 4.78 is 23.9. The van der Waals surface area contributed by atoms with Crippen LogP contribution < -0.4 is 5.73 Å². The second-order valence-electron chi connectivity index (χ2n) is 6.85. The van der Waals surface area contributed by atoms with Crippen LogP contribution in [0.3, 0.4) is 0 Å². The Labute approximate surface area is 122 Å². The third kappa shape index (κ3) is 2.91. The van der Waals surface area contributed by atoms with E-state index in [1.807, 2.05) is 12.1 Å². The van der Waals surface area contributed by atoms with Crippen LogP contribution in [-0.2, 0) is 21.8 Å². The molecular weight excluding hydrogens is 270 g/mol. The molecule has 4 heteroatoms. The van der Waals surface area contributed by atoms with Gasteiger partial charge in [0, 0.05) is 5.54 Å². The van der Waals surface area contributed by atoms with Crippen molar-refractivity contribution in [2.24, 2.45) is 5.73 Å². The lowest BCUT2D eigenvalue weighted by Gasteiger charge is -2.36. The predicted octanol–water partition coefficient (Wildman–Crippen LogP) is 2.78. The average molecular weight is 295 g/mol. The molecule has 0 bridgehead atoms. The van der Waals surface area contributed by atoms with E-state index in [4.69, 9.17) is 5.73 Å². The van der Waals surface area contributed by atoms with Gasteiger partial charge in [-0.3, -0.25) is 0 Å². The first kappa shape index (κ1) is 15.5. The largest absolute Gasteiger partial charge is 0.321 e. The first-order valence-electron chi connectivity index (χ1n) is 7.25. The fourth-order valence-electron chi connectivity index (χ4n) is 2.84. The zero-order chi connectivity index (χ0) is 15.0. The Morgan fingerprint density at radius 2 is 1.90 bits per heavy atom. The second kappa shape index (κ2) is 5.15. The minimum atomic E-state index is -3.12. The molecule has 0 amide bonds. The summed E-state index contributed by atoms with van der Waals surface area (Å²) >= 11 is 0. The Hall–Kier alpha value is -0.870. The molecule has 20 heavy (non-hydrogen) atoms. The highest BCUT2D eigenvalue weighted by Gasteiger charge is 2.36. The number of rotatable bonds is 3. The van der Waals surface area contributed by atoms with Crippen molar-refractivity contribution < 1.29 is 8.42 Å². The molecule has 0 aromatic heterocycles. The topological polar surface area (TPSA) is 60.2 Å². The normalized spacial score (nSPS) is 23.4. The summed E-state index contributed by atoms with van der Waals surface area (Å²) in [5.74, 6) is 0.154. The molecule has 3 nitrogen and oxygen atoms in total. The van der Waals surface area contributed by atoms with Crippen molar-refractivity contribution in [2.45, 2.75) is 56.7 Å². The molecule has 1 unspecified atom stereocenters. The van der Waals surface area contributed by atoms with Crippen molar-refractivity contribution >= 4 is 9.84 Å².